The number of nitrogens with zero attached hydrogens (tertiary/aromatic N) is 1. The molecule has 2 rings (SSSR count). The van der Waals surface area contributed by atoms with Crippen molar-refractivity contribution in [1.29, 1.82) is 0 Å². The molecule has 2 aromatic rings. The zero-order valence-electron chi connectivity index (χ0n) is 17.3. The lowest BCUT2D eigenvalue weighted by molar-refractivity contribution is -0.149. The molecule has 0 unspecified atom stereocenters. The predicted molar refractivity (Wildman–Crippen MR) is 124 cm³/mol. The minimum absolute atomic E-state index is 0.0174. The Morgan fingerprint density at radius 1 is 1.13 bits per heavy atom. The van der Waals surface area contributed by atoms with Crippen molar-refractivity contribution in [3.63, 3.8) is 0 Å². The third-order valence-corrected chi connectivity index (χ3v) is 6.72. The Hall–Kier alpha value is -2.07. The lowest BCUT2D eigenvalue weighted by atomic mass is 10.2. The summed E-state index contributed by atoms with van der Waals surface area (Å²) in [7, 11) is -3.97. The van der Waals surface area contributed by atoms with Gasteiger partial charge in [0.2, 0.25) is 10.0 Å². The van der Waals surface area contributed by atoms with Crippen molar-refractivity contribution < 1.29 is 22.7 Å². The van der Waals surface area contributed by atoms with Gasteiger partial charge in [0.25, 0.3) is 5.91 Å². The van der Waals surface area contributed by atoms with Crippen LogP contribution in [0.25, 0.3) is 0 Å². The second-order valence-electron chi connectivity index (χ2n) is 6.49. The summed E-state index contributed by atoms with van der Waals surface area (Å²) in [5.41, 5.74) is 0.688. The van der Waals surface area contributed by atoms with E-state index in [4.69, 9.17) is 16.3 Å². The number of benzene rings is 2. The molecule has 168 valence electrons. The quantitative estimate of drug-likeness (QED) is 0.492. The number of amides is 1. The molecule has 0 radical (unpaired) electrons. The standard InChI is InChI=1S/C21H25ClN2O5S2/c1-3-24(17-7-5-4-6-8-17)20(25)15-29-21(26)19(13-14-30-2)23-31(27,28)18-11-9-16(22)10-12-18/h4-12,19,23H,3,13-15H2,1-2H3/t19-/m1/s1. The first-order valence-electron chi connectivity index (χ1n) is 9.57. The fourth-order valence-corrected chi connectivity index (χ4v) is 4.57. The first-order chi connectivity index (χ1) is 14.8. The zero-order chi connectivity index (χ0) is 22.9. The molecule has 0 fully saturated rings. The third kappa shape index (κ3) is 7.53. The maximum absolute atomic E-state index is 12.7. The topological polar surface area (TPSA) is 92.8 Å². The van der Waals surface area contributed by atoms with Gasteiger partial charge in [0.05, 0.1) is 4.90 Å². The number of hydrogen-bond donors (Lipinski definition) is 1. The fraction of sp³-hybridized carbons (Fsp3) is 0.333. The Kier molecular flexibility index (Phi) is 9.83. The molecule has 0 aliphatic rings. The maximum Gasteiger partial charge on any atom is 0.324 e. The van der Waals surface area contributed by atoms with Gasteiger partial charge in [-0.15, -0.1) is 0 Å². The SMILES string of the molecule is CCN(C(=O)COC(=O)[C@@H](CCSC)NS(=O)(=O)c1ccc(Cl)cc1)c1ccccc1. The number of rotatable bonds is 11. The van der Waals surface area contributed by atoms with Crippen LogP contribution < -0.4 is 9.62 Å². The van der Waals surface area contributed by atoms with Crippen molar-refractivity contribution in [1.82, 2.24) is 4.72 Å². The number of carbonyl (C=O) groups is 2. The molecule has 1 atom stereocenters. The molecule has 0 heterocycles. The second-order valence-corrected chi connectivity index (χ2v) is 9.63. The number of thioether (sulfide) groups is 1. The van der Waals surface area contributed by atoms with Gasteiger partial charge >= 0.3 is 5.97 Å². The van der Waals surface area contributed by atoms with Crippen LogP contribution in [0.1, 0.15) is 13.3 Å². The number of hydrogen-bond acceptors (Lipinski definition) is 6. The number of anilines is 1. The van der Waals surface area contributed by atoms with Crippen LogP contribution >= 0.6 is 23.4 Å². The van der Waals surface area contributed by atoms with Crippen LogP contribution in [0.3, 0.4) is 0 Å². The highest BCUT2D eigenvalue weighted by Crippen LogP contribution is 2.16. The Labute approximate surface area is 192 Å². The van der Waals surface area contributed by atoms with Crippen molar-refractivity contribution in [2.45, 2.75) is 24.3 Å². The maximum atomic E-state index is 12.7. The number of para-hydroxylation sites is 1. The van der Waals surface area contributed by atoms with Crippen LogP contribution in [-0.2, 0) is 24.3 Å². The van der Waals surface area contributed by atoms with E-state index in [-0.39, 0.29) is 11.3 Å². The molecule has 0 spiro atoms. The summed E-state index contributed by atoms with van der Waals surface area (Å²) in [5, 5.41) is 0.398. The number of nitrogens with one attached hydrogen (secondary N) is 1. The second kappa shape index (κ2) is 12.1. The van der Waals surface area contributed by atoms with E-state index < -0.39 is 34.5 Å². The number of ether oxygens (including phenoxy) is 1. The van der Waals surface area contributed by atoms with Crippen molar-refractivity contribution in [2.24, 2.45) is 0 Å². The van der Waals surface area contributed by atoms with E-state index >= 15 is 0 Å². The van der Waals surface area contributed by atoms with Crippen LogP contribution in [0.2, 0.25) is 5.02 Å². The molecule has 0 aliphatic heterocycles. The first kappa shape index (κ1) is 25.2. The third-order valence-electron chi connectivity index (χ3n) is 4.34. The molecular weight excluding hydrogens is 460 g/mol. The Balaban J connectivity index is 2.06. The van der Waals surface area contributed by atoms with Crippen molar-refractivity contribution in [2.75, 3.05) is 30.1 Å². The summed E-state index contributed by atoms with van der Waals surface area (Å²) in [4.78, 5) is 26.6. The van der Waals surface area contributed by atoms with Gasteiger partial charge in [-0.3, -0.25) is 9.59 Å². The Morgan fingerprint density at radius 2 is 1.77 bits per heavy atom. The smallest absolute Gasteiger partial charge is 0.324 e. The van der Waals surface area contributed by atoms with E-state index in [9.17, 15) is 18.0 Å². The highest BCUT2D eigenvalue weighted by molar-refractivity contribution is 7.98. The minimum Gasteiger partial charge on any atom is -0.454 e. The van der Waals surface area contributed by atoms with E-state index in [2.05, 4.69) is 4.72 Å². The summed E-state index contributed by atoms with van der Waals surface area (Å²) >= 11 is 7.28. The van der Waals surface area contributed by atoms with Crippen molar-refractivity contribution >= 4 is 50.9 Å². The molecule has 0 saturated heterocycles. The molecule has 0 aromatic heterocycles. The summed E-state index contributed by atoms with van der Waals surface area (Å²) in [6, 6.07) is 13.5. The lowest BCUT2D eigenvalue weighted by Crippen LogP contribution is -2.43. The van der Waals surface area contributed by atoms with Crippen LogP contribution in [0.5, 0.6) is 0 Å². The molecule has 0 saturated carbocycles. The van der Waals surface area contributed by atoms with Gasteiger partial charge in [-0.25, -0.2) is 8.42 Å². The molecule has 31 heavy (non-hydrogen) atoms. The Morgan fingerprint density at radius 3 is 2.35 bits per heavy atom. The van der Waals surface area contributed by atoms with Gasteiger partial charge in [-0.05, 0) is 61.8 Å². The van der Waals surface area contributed by atoms with E-state index in [1.54, 1.807) is 24.3 Å². The highest BCUT2D eigenvalue weighted by atomic mass is 35.5. The van der Waals surface area contributed by atoms with Gasteiger partial charge < -0.3 is 9.64 Å². The summed E-state index contributed by atoms with van der Waals surface area (Å²) in [5.74, 6) is -0.669. The van der Waals surface area contributed by atoms with Crippen LogP contribution in [0.15, 0.2) is 59.5 Å². The largest absolute Gasteiger partial charge is 0.454 e. The summed E-state index contributed by atoms with van der Waals surface area (Å²) in [6.45, 7) is 1.73. The average molecular weight is 485 g/mol. The van der Waals surface area contributed by atoms with Gasteiger partial charge in [0.15, 0.2) is 6.61 Å². The molecule has 0 bridgehead atoms. The molecule has 10 heteroatoms. The molecule has 1 amide bonds. The predicted octanol–water partition coefficient (Wildman–Crippen LogP) is 3.34. The van der Waals surface area contributed by atoms with Crippen molar-refractivity contribution in [3.05, 3.63) is 59.6 Å². The molecule has 1 N–H and O–H groups in total. The normalized spacial score (nSPS) is 12.2. The minimum atomic E-state index is -3.97. The van der Waals surface area contributed by atoms with Gasteiger partial charge in [0.1, 0.15) is 6.04 Å². The number of likely N-dealkylation sites (N-methyl/N-ethyl adjacent to an activating group) is 1. The molecule has 7 nitrogen and oxygen atoms in total. The van der Waals surface area contributed by atoms with Gasteiger partial charge in [0, 0.05) is 17.3 Å². The zero-order valence-corrected chi connectivity index (χ0v) is 19.7. The highest BCUT2D eigenvalue weighted by Gasteiger charge is 2.28. The van der Waals surface area contributed by atoms with Crippen LogP contribution in [-0.4, -0.2) is 51.5 Å². The molecule has 2 aromatic carbocycles. The van der Waals surface area contributed by atoms with E-state index in [0.29, 0.717) is 23.0 Å². The number of halogens is 1. The van der Waals surface area contributed by atoms with Crippen LogP contribution in [0, 0.1) is 0 Å². The van der Waals surface area contributed by atoms with Crippen molar-refractivity contribution in [3.8, 4) is 0 Å². The van der Waals surface area contributed by atoms with E-state index in [1.807, 2.05) is 19.2 Å². The monoisotopic (exact) mass is 484 g/mol. The summed E-state index contributed by atoms with van der Waals surface area (Å²) < 4.78 is 32.9. The summed E-state index contributed by atoms with van der Waals surface area (Å²) in [6.07, 6.45) is 2.07. The fourth-order valence-electron chi connectivity index (χ4n) is 2.75. The number of carbonyl (C=O) groups excluding carboxylic acids is 2. The van der Waals surface area contributed by atoms with Crippen LogP contribution in [0.4, 0.5) is 5.69 Å². The number of esters is 1. The van der Waals surface area contributed by atoms with Gasteiger partial charge in [-0.1, -0.05) is 29.8 Å². The lowest BCUT2D eigenvalue weighted by Gasteiger charge is -2.22. The van der Waals surface area contributed by atoms with E-state index in [0.717, 1.165) is 0 Å². The molecular formula is C21H25ClN2O5S2. The number of sulfonamides is 1. The molecule has 0 aliphatic carbocycles. The average Bonchev–Trinajstić information content (AvgIpc) is 2.76. The van der Waals surface area contributed by atoms with Gasteiger partial charge in [-0.2, -0.15) is 16.5 Å². The first-order valence-corrected chi connectivity index (χ1v) is 12.8. The Bertz CT molecular complexity index is 969. The van der Waals surface area contributed by atoms with E-state index in [1.165, 1.54) is 40.9 Å².